The molecule has 0 bridgehead atoms. The lowest BCUT2D eigenvalue weighted by Crippen LogP contribution is -2.41. The van der Waals surface area contributed by atoms with Crippen LogP contribution in [0.3, 0.4) is 0 Å². The minimum atomic E-state index is -1.03. The number of aryl methyl sites for hydroxylation is 1. The standard InChI is InChI=1S/C17H23BFNO3/c1-6-7-10-20-12-13(8-9-15(20)21)11-14(19)18-22-16(2,3)17(4,5)23-18/h6,8-9,11-12H,1,7,10H2,2-5H3. The lowest BCUT2D eigenvalue weighted by Gasteiger charge is -2.32. The van der Waals surface area contributed by atoms with E-state index in [4.69, 9.17) is 9.31 Å². The van der Waals surface area contributed by atoms with Gasteiger partial charge in [-0.3, -0.25) is 4.79 Å². The molecule has 0 spiro atoms. The van der Waals surface area contributed by atoms with Crippen LogP contribution < -0.4 is 5.56 Å². The van der Waals surface area contributed by atoms with Gasteiger partial charge in [-0.1, -0.05) is 6.08 Å². The second kappa shape index (κ2) is 6.45. The molecule has 1 saturated heterocycles. The van der Waals surface area contributed by atoms with Gasteiger partial charge in [0.25, 0.3) is 5.56 Å². The van der Waals surface area contributed by atoms with Crippen LogP contribution in [0.5, 0.6) is 0 Å². The zero-order chi connectivity index (χ0) is 17.3. The number of pyridine rings is 1. The van der Waals surface area contributed by atoms with Crippen LogP contribution in [0.2, 0.25) is 0 Å². The van der Waals surface area contributed by atoms with Gasteiger partial charge in [-0.2, -0.15) is 0 Å². The maximum Gasteiger partial charge on any atom is 0.525 e. The van der Waals surface area contributed by atoms with Crippen molar-refractivity contribution in [1.29, 1.82) is 0 Å². The van der Waals surface area contributed by atoms with E-state index in [0.29, 0.717) is 18.5 Å². The highest BCUT2D eigenvalue weighted by atomic mass is 19.1. The van der Waals surface area contributed by atoms with E-state index in [1.165, 1.54) is 16.7 Å². The van der Waals surface area contributed by atoms with Gasteiger partial charge in [-0.05, 0) is 51.8 Å². The molecule has 124 valence electrons. The van der Waals surface area contributed by atoms with Crippen molar-refractivity contribution in [2.24, 2.45) is 0 Å². The van der Waals surface area contributed by atoms with Crippen molar-refractivity contribution < 1.29 is 13.7 Å². The highest BCUT2D eigenvalue weighted by Gasteiger charge is 2.53. The van der Waals surface area contributed by atoms with Crippen LogP contribution in [-0.2, 0) is 15.9 Å². The molecule has 2 rings (SSSR count). The van der Waals surface area contributed by atoms with E-state index < -0.39 is 24.0 Å². The van der Waals surface area contributed by atoms with Crippen LogP contribution in [0.15, 0.2) is 41.5 Å². The fourth-order valence-electron chi connectivity index (χ4n) is 2.22. The lowest BCUT2D eigenvalue weighted by atomic mass is 9.87. The Labute approximate surface area is 136 Å². The monoisotopic (exact) mass is 319 g/mol. The quantitative estimate of drug-likeness (QED) is 0.617. The lowest BCUT2D eigenvalue weighted by molar-refractivity contribution is 0.00578. The van der Waals surface area contributed by atoms with E-state index in [9.17, 15) is 9.18 Å². The summed E-state index contributed by atoms with van der Waals surface area (Å²) in [6, 6.07) is 3.00. The number of allylic oxidation sites excluding steroid dienone is 1. The summed E-state index contributed by atoms with van der Waals surface area (Å²) in [5.74, 6) is 0. The Morgan fingerprint density at radius 1 is 1.30 bits per heavy atom. The smallest absolute Gasteiger partial charge is 0.398 e. The van der Waals surface area contributed by atoms with Crippen LogP contribution in [0.1, 0.15) is 39.7 Å². The summed E-state index contributed by atoms with van der Waals surface area (Å²) in [6.45, 7) is 11.6. The Kier molecular flexibility index (Phi) is 4.97. The maximum atomic E-state index is 14.5. The number of nitrogens with zero attached hydrogens (tertiary/aromatic N) is 1. The number of rotatable bonds is 5. The molecular formula is C17H23BFNO3. The second-order valence-electron chi connectivity index (χ2n) is 6.69. The molecule has 6 heteroatoms. The maximum absolute atomic E-state index is 14.5. The summed E-state index contributed by atoms with van der Waals surface area (Å²) >= 11 is 0. The highest BCUT2D eigenvalue weighted by Crippen LogP contribution is 2.38. The van der Waals surface area contributed by atoms with Crippen molar-refractivity contribution >= 4 is 13.2 Å². The third-order valence-electron chi connectivity index (χ3n) is 4.36. The summed E-state index contributed by atoms with van der Waals surface area (Å²) in [5, 5.41) is 0. The topological polar surface area (TPSA) is 40.5 Å². The zero-order valence-electron chi connectivity index (χ0n) is 14.1. The Hall–Kier alpha value is -1.66. The van der Waals surface area contributed by atoms with Crippen molar-refractivity contribution in [2.75, 3.05) is 0 Å². The summed E-state index contributed by atoms with van der Waals surface area (Å²) in [4.78, 5) is 11.8. The molecule has 1 aromatic heterocycles. The molecule has 0 N–H and O–H groups in total. The molecule has 1 aliphatic rings. The summed E-state index contributed by atoms with van der Waals surface area (Å²) in [6.07, 6.45) is 5.37. The summed E-state index contributed by atoms with van der Waals surface area (Å²) in [5.41, 5.74) is -1.24. The van der Waals surface area contributed by atoms with Crippen LogP contribution in [0.4, 0.5) is 4.39 Å². The minimum Gasteiger partial charge on any atom is -0.398 e. The normalized spacial score (nSPS) is 19.9. The number of hydrogen-bond donors (Lipinski definition) is 0. The first-order chi connectivity index (χ1) is 10.7. The minimum absolute atomic E-state index is 0.125. The Morgan fingerprint density at radius 2 is 1.91 bits per heavy atom. The fraction of sp³-hybridized carbons (Fsp3) is 0.471. The molecule has 1 fully saturated rings. The van der Waals surface area contributed by atoms with Gasteiger partial charge in [-0.25, -0.2) is 4.39 Å². The van der Waals surface area contributed by atoms with Gasteiger partial charge in [0.1, 0.15) is 5.73 Å². The van der Waals surface area contributed by atoms with Gasteiger partial charge >= 0.3 is 7.12 Å². The average molecular weight is 319 g/mol. The molecular weight excluding hydrogens is 296 g/mol. The van der Waals surface area contributed by atoms with Crippen LogP contribution >= 0.6 is 0 Å². The summed E-state index contributed by atoms with van der Waals surface area (Å²) in [7, 11) is -1.03. The van der Waals surface area contributed by atoms with E-state index in [1.807, 2.05) is 27.7 Å². The molecule has 0 atom stereocenters. The molecule has 0 saturated carbocycles. The van der Waals surface area contributed by atoms with Crippen LogP contribution in [-0.4, -0.2) is 22.9 Å². The first kappa shape index (κ1) is 17.7. The van der Waals surface area contributed by atoms with Crippen molar-refractivity contribution in [3.63, 3.8) is 0 Å². The predicted octanol–water partition coefficient (Wildman–Crippen LogP) is 3.37. The second-order valence-corrected chi connectivity index (χ2v) is 6.69. The number of hydrogen-bond acceptors (Lipinski definition) is 3. The third-order valence-corrected chi connectivity index (χ3v) is 4.36. The van der Waals surface area contributed by atoms with Crippen LogP contribution in [0, 0.1) is 0 Å². The molecule has 1 aromatic rings. The van der Waals surface area contributed by atoms with Crippen molar-refractivity contribution in [2.45, 2.75) is 51.9 Å². The zero-order valence-corrected chi connectivity index (χ0v) is 14.1. The third kappa shape index (κ3) is 3.82. The molecule has 0 aliphatic carbocycles. The van der Waals surface area contributed by atoms with Crippen molar-refractivity contribution in [3.05, 3.63) is 52.6 Å². The largest absolute Gasteiger partial charge is 0.525 e. The van der Waals surface area contributed by atoms with Gasteiger partial charge in [0.2, 0.25) is 0 Å². The average Bonchev–Trinajstić information content (AvgIpc) is 2.68. The Bertz CT molecular complexity index is 663. The Morgan fingerprint density at radius 3 is 2.48 bits per heavy atom. The van der Waals surface area contributed by atoms with E-state index in [-0.39, 0.29) is 5.56 Å². The molecule has 23 heavy (non-hydrogen) atoms. The van der Waals surface area contributed by atoms with E-state index >= 15 is 0 Å². The molecule has 0 aromatic carbocycles. The fourth-order valence-corrected chi connectivity index (χ4v) is 2.22. The van der Waals surface area contributed by atoms with Gasteiger partial charge in [0.05, 0.1) is 11.2 Å². The molecule has 2 heterocycles. The molecule has 0 unspecified atom stereocenters. The van der Waals surface area contributed by atoms with E-state index in [2.05, 4.69) is 6.58 Å². The van der Waals surface area contributed by atoms with E-state index in [0.717, 1.165) is 0 Å². The summed E-state index contributed by atoms with van der Waals surface area (Å²) < 4.78 is 27.3. The van der Waals surface area contributed by atoms with Crippen LogP contribution in [0.25, 0.3) is 6.08 Å². The van der Waals surface area contributed by atoms with Gasteiger partial charge in [0, 0.05) is 18.8 Å². The van der Waals surface area contributed by atoms with E-state index in [1.54, 1.807) is 18.3 Å². The van der Waals surface area contributed by atoms with Gasteiger partial charge in [0.15, 0.2) is 0 Å². The highest BCUT2D eigenvalue weighted by molar-refractivity contribution is 6.54. The molecule has 0 amide bonds. The first-order valence-corrected chi connectivity index (χ1v) is 7.70. The number of halogens is 1. The van der Waals surface area contributed by atoms with Crippen molar-refractivity contribution in [1.82, 2.24) is 4.57 Å². The van der Waals surface area contributed by atoms with Crippen molar-refractivity contribution in [3.8, 4) is 0 Å². The molecule has 0 radical (unpaired) electrons. The Balaban J connectivity index is 2.22. The predicted molar refractivity (Wildman–Crippen MR) is 90.7 cm³/mol. The van der Waals surface area contributed by atoms with Gasteiger partial charge in [-0.15, -0.1) is 6.58 Å². The van der Waals surface area contributed by atoms with Gasteiger partial charge < -0.3 is 13.9 Å². The molecule has 4 nitrogen and oxygen atoms in total. The number of aromatic nitrogens is 1. The first-order valence-electron chi connectivity index (χ1n) is 7.70. The SMILES string of the molecule is C=CCCn1cc(C=C(F)B2OC(C)(C)C(C)(C)O2)ccc1=O. The molecule has 1 aliphatic heterocycles.